The number of aliphatic imine (C=N–C) groups is 1. The third-order valence-electron chi connectivity index (χ3n) is 5.02. The molecule has 1 saturated heterocycles. The van der Waals surface area contributed by atoms with Crippen LogP contribution in [0.5, 0.6) is 0 Å². The molecule has 1 aliphatic carbocycles. The number of rotatable bonds is 5. The molecule has 1 aromatic rings. The van der Waals surface area contributed by atoms with Crippen molar-refractivity contribution in [1.82, 2.24) is 15.2 Å². The SMILES string of the molecule is CCNC(=NCCc1csc(CC)n1)N1CCC2(CCC2)C1.I. The molecule has 2 aliphatic rings. The van der Waals surface area contributed by atoms with Gasteiger partial charge in [0.1, 0.15) is 0 Å². The number of thiazole rings is 1. The highest BCUT2D eigenvalue weighted by atomic mass is 127. The van der Waals surface area contributed by atoms with Gasteiger partial charge < -0.3 is 10.2 Å². The van der Waals surface area contributed by atoms with Crippen LogP contribution in [0.25, 0.3) is 0 Å². The number of guanidine groups is 1. The average Bonchev–Trinajstić information content (AvgIpc) is 3.13. The smallest absolute Gasteiger partial charge is 0.193 e. The van der Waals surface area contributed by atoms with Crippen molar-refractivity contribution >= 4 is 41.3 Å². The molecule has 0 aromatic carbocycles. The maximum absolute atomic E-state index is 4.85. The van der Waals surface area contributed by atoms with E-state index in [0.717, 1.165) is 31.9 Å². The van der Waals surface area contributed by atoms with Crippen LogP contribution < -0.4 is 5.32 Å². The van der Waals surface area contributed by atoms with Gasteiger partial charge in [-0.25, -0.2) is 4.98 Å². The van der Waals surface area contributed by atoms with Gasteiger partial charge in [0.05, 0.1) is 10.7 Å². The van der Waals surface area contributed by atoms with Crippen LogP contribution in [0.3, 0.4) is 0 Å². The van der Waals surface area contributed by atoms with Gasteiger partial charge in [0.25, 0.3) is 0 Å². The standard InChI is InChI=1S/C17H28N4S.HI/c1-3-15-20-14(12-22-15)6-10-19-16(18-4-2)21-11-9-17(13-21)7-5-8-17;/h12H,3-11,13H2,1-2H3,(H,18,19);1H. The van der Waals surface area contributed by atoms with Crippen molar-refractivity contribution in [2.75, 3.05) is 26.2 Å². The summed E-state index contributed by atoms with van der Waals surface area (Å²) >= 11 is 1.77. The predicted octanol–water partition coefficient (Wildman–Crippen LogP) is 3.71. The van der Waals surface area contributed by atoms with Crippen LogP contribution in [0.2, 0.25) is 0 Å². The van der Waals surface area contributed by atoms with Gasteiger partial charge in [0.2, 0.25) is 0 Å². The van der Waals surface area contributed by atoms with Crippen LogP contribution in [-0.2, 0) is 12.8 Å². The summed E-state index contributed by atoms with van der Waals surface area (Å²) in [5.41, 5.74) is 1.82. The van der Waals surface area contributed by atoms with Gasteiger partial charge in [-0.2, -0.15) is 0 Å². The minimum Gasteiger partial charge on any atom is -0.357 e. The zero-order chi connectivity index (χ0) is 15.4. The Morgan fingerprint density at radius 1 is 1.39 bits per heavy atom. The summed E-state index contributed by atoms with van der Waals surface area (Å²) in [7, 11) is 0. The maximum Gasteiger partial charge on any atom is 0.193 e. The van der Waals surface area contributed by atoms with Crippen molar-refractivity contribution < 1.29 is 0 Å². The van der Waals surface area contributed by atoms with Gasteiger partial charge in [-0.05, 0) is 38.0 Å². The topological polar surface area (TPSA) is 40.5 Å². The summed E-state index contributed by atoms with van der Waals surface area (Å²) < 4.78 is 0. The van der Waals surface area contributed by atoms with E-state index in [1.54, 1.807) is 11.3 Å². The Kier molecular flexibility index (Phi) is 7.13. The molecule has 23 heavy (non-hydrogen) atoms. The Morgan fingerprint density at radius 2 is 2.22 bits per heavy atom. The van der Waals surface area contributed by atoms with E-state index >= 15 is 0 Å². The Balaban J connectivity index is 0.00000192. The third-order valence-corrected chi connectivity index (χ3v) is 6.06. The predicted molar refractivity (Wildman–Crippen MR) is 109 cm³/mol. The highest BCUT2D eigenvalue weighted by Crippen LogP contribution is 2.47. The van der Waals surface area contributed by atoms with E-state index in [1.807, 2.05) is 0 Å². The molecule has 1 spiro atoms. The maximum atomic E-state index is 4.85. The van der Waals surface area contributed by atoms with E-state index in [0.29, 0.717) is 5.41 Å². The molecular formula is C17H29IN4S. The third kappa shape index (κ3) is 4.59. The summed E-state index contributed by atoms with van der Waals surface area (Å²) in [6.45, 7) is 8.46. The molecule has 0 unspecified atom stereocenters. The number of likely N-dealkylation sites (tertiary alicyclic amines) is 1. The lowest BCUT2D eigenvalue weighted by molar-refractivity contribution is 0.151. The summed E-state index contributed by atoms with van der Waals surface area (Å²) in [6.07, 6.45) is 7.59. The first-order valence-corrected chi connectivity index (χ1v) is 9.59. The number of nitrogens with one attached hydrogen (secondary N) is 1. The lowest BCUT2D eigenvalue weighted by Crippen LogP contribution is -2.42. The second kappa shape index (κ2) is 8.65. The molecule has 130 valence electrons. The van der Waals surface area contributed by atoms with E-state index in [1.165, 1.54) is 49.5 Å². The lowest BCUT2D eigenvalue weighted by Gasteiger charge is -2.38. The molecule has 1 aliphatic heterocycles. The van der Waals surface area contributed by atoms with Gasteiger partial charge in [0, 0.05) is 38.0 Å². The van der Waals surface area contributed by atoms with Crippen molar-refractivity contribution in [1.29, 1.82) is 0 Å². The van der Waals surface area contributed by atoms with Crippen LogP contribution in [0.4, 0.5) is 0 Å². The molecule has 6 heteroatoms. The van der Waals surface area contributed by atoms with E-state index in [4.69, 9.17) is 4.99 Å². The van der Waals surface area contributed by atoms with E-state index in [9.17, 15) is 0 Å². The molecule has 2 fully saturated rings. The Labute approximate surface area is 161 Å². The highest BCUT2D eigenvalue weighted by molar-refractivity contribution is 14.0. The van der Waals surface area contributed by atoms with Crippen LogP contribution in [0.15, 0.2) is 10.4 Å². The van der Waals surface area contributed by atoms with Crippen LogP contribution in [-0.4, -0.2) is 42.0 Å². The minimum absolute atomic E-state index is 0. The first kappa shape index (κ1) is 19.0. The fourth-order valence-corrected chi connectivity index (χ4v) is 4.31. The first-order valence-electron chi connectivity index (χ1n) is 8.71. The van der Waals surface area contributed by atoms with Gasteiger partial charge in [-0.15, -0.1) is 35.3 Å². The number of hydrogen-bond acceptors (Lipinski definition) is 3. The van der Waals surface area contributed by atoms with E-state index in [-0.39, 0.29) is 24.0 Å². The fraction of sp³-hybridized carbons (Fsp3) is 0.765. The fourth-order valence-electron chi connectivity index (χ4n) is 3.53. The largest absolute Gasteiger partial charge is 0.357 e. The molecule has 1 saturated carbocycles. The van der Waals surface area contributed by atoms with Gasteiger partial charge in [-0.1, -0.05) is 13.3 Å². The summed E-state index contributed by atoms with van der Waals surface area (Å²) in [5, 5.41) is 6.89. The number of aryl methyl sites for hydroxylation is 1. The quantitative estimate of drug-likeness (QED) is 0.424. The van der Waals surface area contributed by atoms with Crippen molar-refractivity contribution in [3.05, 3.63) is 16.1 Å². The number of halogens is 1. The molecule has 1 N–H and O–H groups in total. The normalized spacial score (nSPS) is 19.6. The Bertz CT molecular complexity index is 524. The number of nitrogens with zero attached hydrogens (tertiary/aromatic N) is 3. The average molecular weight is 448 g/mol. The molecule has 0 radical (unpaired) electrons. The lowest BCUT2D eigenvalue weighted by atomic mass is 9.68. The van der Waals surface area contributed by atoms with Gasteiger partial charge >= 0.3 is 0 Å². The van der Waals surface area contributed by atoms with Crippen molar-refractivity contribution in [3.63, 3.8) is 0 Å². The summed E-state index contributed by atoms with van der Waals surface area (Å²) in [5.74, 6) is 1.11. The van der Waals surface area contributed by atoms with Crippen molar-refractivity contribution in [2.24, 2.45) is 10.4 Å². The zero-order valence-electron chi connectivity index (χ0n) is 14.3. The zero-order valence-corrected chi connectivity index (χ0v) is 17.5. The number of aromatic nitrogens is 1. The molecule has 0 amide bonds. The van der Waals surface area contributed by atoms with Crippen molar-refractivity contribution in [3.8, 4) is 0 Å². The van der Waals surface area contributed by atoms with Crippen LogP contribution in [0.1, 0.15) is 50.2 Å². The second-order valence-electron chi connectivity index (χ2n) is 6.60. The van der Waals surface area contributed by atoms with Crippen LogP contribution in [0, 0.1) is 5.41 Å². The van der Waals surface area contributed by atoms with Gasteiger partial charge in [-0.3, -0.25) is 4.99 Å². The van der Waals surface area contributed by atoms with Gasteiger partial charge in [0.15, 0.2) is 5.96 Å². The van der Waals surface area contributed by atoms with Crippen LogP contribution >= 0.6 is 35.3 Å². The molecular weight excluding hydrogens is 419 g/mol. The summed E-state index contributed by atoms with van der Waals surface area (Å²) in [4.78, 5) is 11.9. The Hall–Kier alpha value is -0.370. The molecule has 3 rings (SSSR count). The molecule has 2 heterocycles. The highest BCUT2D eigenvalue weighted by Gasteiger charge is 2.43. The van der Waals surface area contributed by atoms with Crippen molar-refractivity contribution in [2.45, 2.75) is 52.4 Å². The monoisotopic (exact) mass is 448 g/mol. The molecule has 1 aromatic heterocycles. The molecule has 0 bridgehead atoms. The van der Waals surface area contributed by atoms with E-state index in [2.05, 4.69) is 34.4 Å². The molecule has 4 nitrogen and oxygen atoms in total. The first-order chi connectivity index (χ1) is 10.7. The summed E-state index contributed by atoms with van der Waals surface area (Å²) in [6, 6.07) is 0. The minimum atomic E-state index is 0. The number of hydrogen-bond donors (Lipinski definition) is 1. The van der Waals surface area contributed by atoms with E-state index < -0.39 is 0 Å². The second-order valence-corrected chi connectivity index (χ2v) is 7.54. The Morgan fingerprint density at radius 3 is 2.78 bits per heavy atom. The molecule has 0 atom stereocenters.